The van der Waals surface area contributed by atoms with Crippen LogP contribution in [0.5, 0.6) is 0 Å². The molecule has 82 valence electrons. The van der Waals surface area contributed by atoms with Gasteiger partial charge in [-0.15, -0.1) is 0 Å². The monoisotopic (exact) mass is 208 g/mol. The highest BCUT2D eigenvalue weighted by Crippen LogP contribution is 2.25. The highest BCUT2D eigenvalue weighted by atomic mass is 16.5. The molecule has 0 saturated carbocycles. The smallest absolute Gasteiger partial charge is 0.336 e. The summed E-state index contributed by atoms with van der Waals surface area (Å²) in [6.07, 6.45) is 1.68. The minimum atomic E-state index is -0.899. The van der Waals surface area contributed by atoms with E-state index in [1.807, 2.05) is 12.1 Å². The van der Waals surface area contributed by atoms with Gasteiger partial charge < -0.3 is 9.84 Å². The van der Waals surface area contributed by atoms with E-state index in [-0.39, 0.29) is 6.10 Å². The Bertz CT molecular complexity index is 333. The van der Waals surface area contributed by atoms with Crippen LogP contribution < -0.4 is 0 Å². The molecule has 1 rings (SSSR count). The fraction of sp³-hybridized carbons (Fsp3) is 0.417. The standard InChI is InChI=1S/C12H16O3/c1-3-6-11(15-2)9-7-4-5-8-10(9)12(13)14/h4-5,7-8,11H,3,6H2,1-2H3,(H,13,14). The maximum absolute atomic E-state index is 11.0. The molecule has 0 spiro atoms. The van der Waals surface area contributed by atoms with Gasteiger partial charge in [0.25, 0.3) is 0 Å². The van der Waals surface area contributed by atoms with Crippen molar-refractivity contribution >= 4 is 5.97 Å². The van der Waals surface area contributed by atoms with Crippen LogP contribution in [0.25, 0.3) is 0 Å². The van der Waals surface area contributed by atoms with Crippen LogP contribution in [-0.4, -0.2) is 18.2 Å². The Hall–Kier alpha value is -1.35. The third-order valence-electron chi connectivity index (χ3n) is 2.37. The lowest BCUT2D eigenvalue weighted by molar-refractivity contribution is 0.0672. The summed E-state index contributed by atoms with van der Waals surface area (Å²) in [7, 11) is 1.61. The first-order valence-corrected chi connectivity index (χ1v) is 5.05. The number of carboxylic acid groups (broad SMARTS) is 1. The molecular weight excluding hydrogens is 192 g/mol. The molecule has 0 aromatic heterocycles. The molecule has 3 nitrogen and oxygen atoms in total. The van der Waals surface area contributed by atoms with E-state index in [1.165, 1.54) is 0 Å². The predicted molar refractivity (Wildman–Crippen MR) is 58.1 cm³/mol. The molecule has 1 aromatic carbocycles. The van der Waals surface area contributed by atoms with Gasteiger partial charge in [-0.2, -0.15) is 0 Å². The highest BCUT2D eigenvalue weighted by Gasteiger charge is 2.16. The third kappa shape index (κ3) is 2.80. The zero-order valence-corrected chi connectivity index (χ0v) is 9.06. The van der Waals surface area contributed by atoms with E-state index in [1.54, 1.807) is 19.2 Å². The maximum atomic E-state index is 11.0. The van der Waals surface area contributed by atoms with E-state index in [9.17, 15) is 4.79 Å². The second-order valence-corrected chi connectivity index (χ2v) is 3.41. The Morgan fingerprint density at radius 1 is 1.47 bits per heavy atom. The zero-order chi connectivity index (χ0) is 11.3. The molecule has 1 N–H and O–H groups in total. The molecule has 0 heterocycles. The number of hydrogen-bond acceptors (Lipinski definition) is 2. The second kappa shape index (κ2) is 5.51. The summed E-state index contributed by atoms with van der Waals surface area (Å²) in [5.41, 5.74) is 1.09. The van der Waals surface area contributed by atoms with Crippen LogP contribution in [0.3, 0.4) is 0 Å². The van der Waals surface area contributed by atoms with Crippen LogP contribution in [0, 0.1) is 0 Å². The first-order valence-electron chi connectivity index (χ1n) is 5.05. The average Bonchev–Trinajstić information content (AvgIpc) is 2.26. The summed E-state index contributed by atoms with van der Waals surface area (Å²) in [6, 6.07) is 6.99. The Morgan fingerprint density at radius 3 is 2.67 bits per heavy atom. The van der Waals surface area contributed by atoms with Crippen molar-refractivity contribution in [2.24, 2.45) is 0 Å². The molecule has 0 radical (unpaired) electrons. The molecule has 1 atom stereocenters. The molecule has 0 saturated heterocycles. The molecule has 0 bridgehead atoms. The van der Waals surface area contributed by atoms with Gasteiger partial charge in [0.2, 0.25) is 0 Å². The van der Waals surface area contributed by atoms with Gasteiger partial charge in [0.05, 0.1) is 11.7 Å². The van der Waals surface area contributed by atoms with Crippen LogP contribution in [0.2, 0.25) is 0 Å². The van der Waals surface area contributed by atoms with Gasteiger partial charge in [0, 0.05) is 7.11 Å². The SMILES string of the molecule is CCCC(OC)c1ccccc1C(=O)O. The summed E-state index contributed by atoms with van der Waals surface area (Å²) in [6.45, 7) is 2.05. The lowest BCUT2D eigenvalue weighted by Crippen LogP contribution is -2.08. The summed E-state index contributed by atoms with van der Waals surface area (Å²) < 4.78 is 5.30. The number of rotatable bonds is 5. The summed E-state index contributed by atoms with van der Waals surface area (Å²) >= 11 is 0. The fourth-order valence-corrected chi connectivity index (χ4v) is 1.64. The molecule has 0 aliphatic heterocycles. The number of ether oxygens (including phenoxy) is 1. The van der Waals surface area contributed by atoms with E-state index in [4.69, 9.17) is 9.84 Å². The van der Waals surface area contributed by atoms with Crippen LogP contribution in [-0.2, 0) is 4.74 Å². The van der Waals surface area contributed by atoms with E-state index >= 15 is 0 Å². The van der Waals surface area contributed by atoms with Crippen molar-refractivity contribution in [3.8, 4) is 0 Å². The number of methoxy groups -OCH3 is 1. The number of benzene rings is 1. The van der Waals surface area contributed by atoms with Gasteiger partial charge in [-0.3, -0.25) is 0 Å². The lowest BCUT2D eigenvalue weighted by Gasteiger charge is -2.16. The van der Waals surface area contributed by atoms with Gasteiger partial charge in [-0.25, -0.2) is 4.79 Å². The lowest BCUT2D eigenvalue weighted by atomic mass is 9.99. The quantitative estimate of drug-likeness (QED) is 0.809. The van der Waals surface area contributed by atoms with Gasteiger partial charge in [-0.1, -0.05) is 31.5 Å². The number of aromatic carboxylic acids is 1. The maximum Gasteiger partial charge on any atom is 0.336 e. The molecule has 0 amide bonds. The summed E-state index contributed by atoms with van der Waals surface area (Å²) in [5.74, 6) is -0.899. The number of hydrogen-bond donors (Lipinski definition) is 1. The first kappa shape index (κ1) is 11.7. The van der Waals surface area contributed by atoms with Crippen LogP contribution in [0.4, 0.5) is 0 Å². The molecule has 0 aliphatic rings. The fourth-order valence-electron chi connectivity index (χ4n) is 1.64. The van der Waals surface area contributed by atoms with E-state index < -0.39 is 5.97 Å². The molecular formula is C12H16O3. The van der Waals surface area contributed by atoms with Crippen LogP contribution in [0.15, 0.2) is 24.3 Å². The largest absolute Gasteiger partial charge is 0.478 e. The minimum Gasteiger partial charge on any atom is -0.478 e. The van der Waals surface area contributed by atoms with E-state index in [0.717, 1.165) is 18.4 Å². The normalized spacial score (nSPS) is 12.4. The Kier molecular flexibility index (Phi) is 4.31. The number of carbonyl (C=O) groups is 1. The van der Waals surface area contributed by atoms with Crippen molar-refractivity contribution < 1.29 is 14.6 Å². The second-order valence-electron chi connectivity index (χ2n) is 3.41. The molecule has 1 aromatic rings. The summed E-state index contributed by atoms with van der Waals surface area (Å²) in [4.78, 5) is 11.0. The molecule has 0 fully saturated rings. The van der Waals surface area contributed by atoms with Crippen molar-refractivity contribution in [3.63, 3.8) is 0 Å². The van der Waals surface area contributed by atoms with Crippen LogP contribution in [0.1, 0.15) is 41.8 Å². The summed E-state index contributed by atoms with van der Waals surface area (Å²) in [5, 5.41) is 9.02. The molecule has 3 heteroatoms. The molecule has 1 unspecified atom stereocenters. The van der Waals surface area contributed by atoms with Crippen molar-refractivity contribution in [1.82, 2.24) is 0 Å². The van der Waals surface area contributed by atoms with Crippen LogP contribution >= 0.6 is 0 Å². The van der Waals surface area contributed by atoms with Crippen molar-refractivity contribution in [1.29, 1.82) is 0 Å². The van der Waals surface area contributed by atoms with Gasteiger partial charge in [0.15, 0.2) is 0 Å². The Labute approximate surface area is 89.7 Å². The molecule has 15 heavy (non-hydrogen) atoms. The van der Waals surface area contributed by atoms with E-state index in [2.05, 4.69) is 6.92 Å². The van der Waals surface area contributed by atoms with Crippen molar-refractivity contribution in [2.45, 2.75) is 25.9 Å². The van der Waals surface area contributed by atoms with Gasteiger partial charge in [0.1, 0.15) is 0 Å². The average molecular weight is 208 g/mol. The topological polar surface area (TPSA) is 46.5 Å². The van der Waals surface area contributed by atoms with E-state index in [0.29, 0.717) is 5.56 Å². The van der Waals surface area contributed by atoms with Crippen molar-refractivity contribution in [3.05, 3.63) is 35.4 Å². The zero-order valence-electron chi connectivity index (χ0n) is 9.06. The van der Waals surface area contributed by atoms with Crippen molar-refractivity contribution in [2.75, 3.05) is 7.11 Å². The molecule has 0 aliphatic carbocycles. The van der Waals surface area contributed by atoms with Gasteiger partial charge in [-0.05, 0) is 18.1 Å². The highest BCUT2D eigenvalue weighted by molar-refractivity contribution is 5.89. The Balaban J connectivity index is 3.04. The predicted octanol–water partition coefficient (Wildman–Crippen LogP) is 2.87. The minimum absolute atomic E-state index is 0.123. The Morgan fingerprint density at radius 2 is 2.13 bits per heavy atom. The first-order chi connectivity index (χ1) is 7.20. The van der Waals surface area contributed by atoms with Gasteiger partial charge >= 0.3 is 5.97 Å². The number of carboxylic acids is 1. The third-order valence-corrected chi connectivity index (χ3v) is 2.37.